The third-order valence-corrected chi connectivity index (χ3v) is 2.74. The fourth-order valence-corrected chi connectivity index (χ4v) is 1.10. The van der Waals surface area contributed by atoms with Gasteiger partial charge in [-0.1, -0.05) is 23.7 Å². The maximum absolute atomic E-state index is 8.35. The molecule has 1 rings (SSSR count). The van der Waals surface area contributed by atoms with Gasteiger partial charge in [0.1, 0.15) is 0 Å². The summed E-state index contributed by atoms with van der Waals surface area (Å²) in [6.45, 7) is 2.01. The van der Waals surface area contributed by atoms with E-state index in [9.17, 15) is 0 Å². The number of hydrogen-bond donors (Lipinski definition) is 2. The second kappa shape index (κ2) is 10.8. The topological polar surface area (TPSA) is 81.8 Å². The molecule has 0 aliphatic carbocycles. The van der Waals surface area contributed by atoms with Crippen LogP contribution in [0.2, 0.25) is 5.02 Å². The van der Waals surface area contributed by atoms with Crippen molar-refractivity contribution in [1.82, 2.24) is 0 Å². The predicted molar refractivity (Wildman–Crippen MR) is 60.7 cm³/mol. The standard InChI is InChI=1S/C7H6BrCl.2CHNO/c1-5-3-2-4-6(9)7(5)8;2*2-1-3/h2-4H,1H3;2*2H. The Kier molecular flexibility index (Phi) is 11.7. The van der Waals surface area contributed by atoms with E-state index in [0.29, 0.717) is 0 Å². The Hall–Kier alpha value is -1.25. The molecule has 0 unspecified atom stereocenters. The lowest BCUT2D eigenvalue weighted by Gasteiger charge is -1.96. The van der Waals surface area contributed by atoms with Crippen molar-refractivity contribution in [3.63, 3.8) is 0 Å². The minimum atomic E-state index is 0.750. The Bertz CT molecular complexity index is 338. The maximum Gasteiger partial charge on any atom is 0.231 e. The highest BCUT2D eigenvalue weighted by Crippen LogP contribution is 2.24. The van der Waals surface area contributed by atoms with Crippen molar-refractivity contribution in [2.75, 3.05) is 0 Å². The van der Waals surface area contributed by atoms with Gasteiger partial charge in [0.2, 0.25) is 12.2 Å². The van der Waals surface area contributed by atoms with Gasteiger partial charge in [-0.3, -0.25) is 0 Å². The quantitative estimate of drug-likeness (QED) is 0.568. The molecule has 0 saturated carbocycles. The highest BCUT2D eigenvalue weighted by Gasteiger charge is 1.96. The highest BCUT2D eigenvalue weighted by molar-refractivity contribution is 9.10. The van der Waals surface area contributed by atoms with Crippen molar-refractivity contribution >= 4 is 39.7 Å². The molecular weight excluding hydrogens is 283 g/mol. The van der Waals surface area contributed by atoms with Gasteiger partial charge in [0.05, 0.1) is 5.02 Å². The summed E-state index contributed by atoms with van der Waals surface area (Å²) < 4.78 is 0.992. The molecule has 4 nitrogen and oxygen atoms in total. The molecule has 80 valence electrons. The van der Waals surface area contributed by atoms with Crippen molar-refractivity contribution in [2.24, 2.45) is 0 Å². The van der Waals surface area contributed by atoms with E-state index in [2.05, 4.69) is 15.9 Å². The largest absolute Gasteiger partial charge is 0.231 e. The first-order chi connectivity index (χ1) is 7.04. The van der Waals surface area contributed by atoms with Crippen molar-refractivity contribution in [2.45, 2.75) is 6.92 Å². The van der Waals surface area contributed by atoms with E-state index >= 15 is 0 Å². The Labute approximate surface area is 100 Å². The number of isocyanates is 2. The lowest BCUT2D eigenvalue weighted by Crippen LogP contribution is -1.73. The molecule has 0 aliphatic rings. The average molecular weight is 292 g/mol. The summed E-state index contributed by atoms with van der Waals surface area (Å²) in [6.07, 6.45) is 1.50. The van der Waals surface area contributed by atoms with Crippen LogP contribution in [-0.2, 0) is 9.59 Å². The van der Waals surface area contributed by atoms with E-state index in [1.54, 1.807) is 0 Å². The van der Waals surface area contributed by atoms with Gasteiger partial charge in [0, 0.05) is 4.47 Å². The molecule has 0 atom stereocenters. The van der Waals surface area contributed by atoms with Gasteiger partial charge in [-0.25, -0.2) is 20.4 Å². The highest BCUT2D eigenvalue weighted by atomic mass is 79.9. The minimum Gasteiger partial charge on any atom is -0.222 e. The molecule has 0 saturated heterocycles. The second-order valence-corrected chi connectivity index (χ2v) is 3.28. The van der Waals surface area contributed by atoms with Crippen LogP contribution >= 0.6 is 27.5 Å². The molecule has 0 bridgehead atoms. The third kappa shape index (κ3) is 9.06. The molecule has 0 heterocycles. The zero-order chi connectivity index (χ0) is 12.3. The predicted octanol–water partition coefficient (Wildman–Crippen LogP) is 3.21. The van der Waals surface area contributed by atoms with Gasteiger partial charge in [-0.2, -0.15) is 0 Å². The van der Waals surface area contributed by atoms with Crippen LogP contribution in [0.5, 0.6) is 0 Å². The first-order valence-corrected chi connectivity index (χ1v) is 4.70. The molecule has 2 N–H and O–H groups in total. The lowest BCUT2D eigenvalue weighted by molar-refractivity contribution is 0.562. The van der Waals surface area contributed by atoms with Gasteiger partial charge >= 0.3 is 0 Å². The van der Waals surface area contributed by atoms with Crippen LogP contribution in [0.3, 0.4) is 0 Å². The Morgan fingerprint density at radius 2 is 1.67 bits per heavy atom. The summed E-state index contributed by atoms with van der Waals surface area (Å²) in [6, 6.07) is 5.80. The summed E-state index contributed by atoms with van der Waals surface area (Å²) >= 11 is 9.11. The van der Waals surface area contributed by atoms with Crippen LogP contribution in [0.15, 0.2) is 22.7 Å². The minimum absolute atomic E-state index is 0.750. The summed E-state index contributed by atoms with van der Waals surface area (Å²) in [4.78, 5) is 16.7. The molecule has 0 amide bonds. The molecule has 0 spiro atoms. The van der Waals surface area contributed by atoms with Crippen LogP contribution in [-0.4, -0.2) is 12.2 Å². The monoisotopic (exact) mass is 290 g/mol. The van der Waals surface area contributed by atoms with Gasteiger partial charge in [-0.05, 0) is 34.5 Å². The Morgan fingerprint density at radius 3 is 1.93 bits per heavy atom. The first kappa shape index (κ1) is 16.2. The molecule has 0 radical (unpaired) electrons. The van der Waals surface area contributed by atoms with Crippen LogP contribution in [0.25, 0.3) is 0 Å². The molecule has 6 heteroatoms. The van der Waals surface area contributed by atoms with Crippen molar-refractivity contribution < 1.29 is 9.59 Å². The van der Waals surface area contributed by atoms with Gasteiger partial charge in [0.25, 0.3) is 0 Å². The zero-order valence-electron chi connectivity index (χ0n) is 7.80. The molecule has 1 aromatic carbocycles. The van der Waals surface area contributed by atoms with E-state index < -0.39 is 0 Å². The molecular formula is C9H8BrClN2O2. The summed E-state index contributed by atoms with van der Waals surface area (Å²) in [7, 11) is 0. The number of aryl methyl sites for hydroxylation is 1. The molecule has 1 aromatic rings. The summed E-state index contributed by atoms with van der Waals surface area (Å²) in [5.74, 6) is 0. The fraction of sp³-hybridized carbons (Fsp3) is 0.111. The summed E-state index contributed by atoms with van der Waals surface area (Å²) in [5.41, 5.74) is 1.17. The molecule has 0 aliphatic heterocycles. The number of rotatable bonds is 0. The third-order valence-electron chi connectivity index (χ3n) is 1.14. The molecule has 15 heavy (non-hydrogen) atoms. The number of halogens is 2. The number of hydrogen-bond acceptors (Lipinski definition) is 4. The summed E-state index contributed by atoms with van der Waals surface area (Å²) in [5, 5.41) is 11.6. The van der Waals surface area contributed by atoms with E-state index in [0.717, 1.165) is 21.7 Å². The van der Waals surface area contributed by atoms with Gasteiger partial charge in [0.15, 0.2) is 0 Å². The van der Waals surface area contributed by atoms with Crippen LogP contribution in [0.4, 0.5) is 0 Å². The fourth-order valence-electron chi connectivity index (χ4n) is 0.612. The van der Waals surface area contributed by atoms with E-state index in [1.807, 2.05) is 25.1 Å². The maximum atomic E-state index is 8.35. The van der Waals surface area contributed by atoms with E-state index in [1.165, 1.54) is 5.56 Å². The zero-order valence-corrected chi connectivity index (χ0v) is 10.1. The van der Waals surface area contributed by atoms with Gasteiger partial charge in [-0.15, -0.1) is 0 Å². The Morgan fingerprint density at radius 1 is 1.27 bits per heavy atom. The lowest BCUT2D eigenvalue weighted by atomic mass is 10.2. The van der Waals surface area contributed by atoms with E-state index in [4.69, 9.17) is 32.0 Å². The average Bonchev–Trinajstić information content (AvgIpc) is 2.17. The van der Waals surface area contributed by atoms with E-state index in [-0.39, 0.29) is 0 Å². The SMILES string of the molecule is Cc1cccc(Cl)c1Br.N=C=O.N=C=O. The Balaban J connectivity index is 0. The van der Waals surface area contributed by atoms with Crippen LogP contribution in [0, 0.1) is 17.7 Å². The number of carbonyl (C=O) groups excluding carboxylic acids is 2. The molecule has 0 fully saturated rings. The first-order valence-electron chi connectivity index (χ1n) is 3.53. The van der Waals surface area contributed by atoms with Crippen LogP contribution in [0.1, 0.15) is 5.56 Å². The number of benzene rings is 1. The normalized spacial score (nSPS) is 6.87. The van der Waals surface area contributed by atoms with Crippen molar-refractivity contribution in [1.29, 1.82) is 10.8 Å². The smallest absolute Gasteiger partial charge is 0.222 e. The van der Waals surface area contributed by atoms with Gasteiger partial charge < -0.3 is 0 Å². The second-order valence-electron chi connectivity index (χ2n) is 2.07. The number of nitrogens with one attached hydrogen (secondary N) is 2. The van der Waals surface area contributed by atoms with Crippen molar-refractivity contribution in [3.8, 4) is 0 Å². The van der Waals surface area contributed by atoms with Crippen molar-refractivity contribution in [3.05, 3.63) is 33.3 Å². The molecule has 0 aromatic heterocycles. The van der Waals surface area contributed by atoms with Crippen LogP contribution < -0.4 is 0 Å².